The van der Waals surface area contributed by atoms with Gasteiger partial charge in [-0.2, -0.15) is 0 Å². The molecule has 3 heteroatoms. The van der Waals surface area contributed by atoms with E-state index in [4.69, 9.17) is 5.11 Å². The fourth-order valence-electron chi connectivity index (χ4n) is 1.14. The Kier molecular flexibility index (Phi) is 2.27. The predicted octanol–water partition coefficient (Wildman–Crippen LogP) is 2.44. The highest BCUT2D eigenvalue weighted by molar-refractivity contribution is 7.09. The molecule has 0 aliphatic carbocycles. The lowest BCUT2D eigenvalue weighted by molar-refractivity contribution is 0.475. The van der Waals surface area contributed by atoms with Crippen molar-refractivity contribution in [1.29, 1.82) is 0 Å². The number of nitrogens with zero attached hydrogens (tertiary/aromatic N) is 1. The van der Waals surface area contributed by atoms with Crippen LogP contribution in [-0.4, -0.2) is 10.1 Å². The number of phenols is 1. The maximum atomic E-state index is 9.07. The van der Waals surface area contributed by atoms with Gasteiger partial charge >= 0.3 is 0 Å². The normalized spacial score (nSPS) is 10.2. The number of phenolic OH excluding ortho intramolecular Hbond substituents is 1. The lowest BCUT2D eigenvalue weighted by Crippen LogP contribution is -1.82. The summed E-state index contributed by atoms with van der Waals surface area (Å²) in [6.07, 6.45) is 2.77. The predicted molar refractivity (Wildman–Crippen MR) is 53.0 cm³/mol. The molecule has 0 spiro atoms. The molecule has 66 valence electrons. The zero-order chi connectivity index (χ0) is 9.10. The summed E-state index contributed by atoms with van der Waals surface area (Å²) in [6.45, 7) is 0. The van der Waals surface area contributed by atoms with Crippen LogP contribution in [0.25, 0.3) is 0 Å². The van der Waals surface area contributed by atoms with E-state index in [0.29, 0.717) is 5.75 Å². The van der Waals surface area contributed by atoms with Crippen LogP contribution in [-0.2, 0) is 6.42 Å². The van der Waals surface area contributed by atoms with Crippen molar-refractivity contribution in [2.75, 3.05) is 0 Å². The third kappa shape index (κ3) is 2.06. The molecule has 0 atom stereocenters. The van der Waals surface area contributed by atoms with Crippen LogP contribution in [0.5, 0.6) is 5.75 Å². The third-order valence-corrected chi connectivity index (χ3v) is 2.58. The Bertz CT molecular complexity index is 366. The van der Waals surface area contributed by atoms with Gasteiger partial charge in [-0.25, -0.2) is 0 Å². The van der Waals surface area contributed by atoms with Gasteiger partial charge < -0.3 is 5.11 Å². The zero-order valence-electron chi connectivity index (χ0n) is 6.97. The van der Waals surface area contributed by atoms with Crippen molar-refractivity contribution in [1.82, 2.24) is 4.98 Å². The van der Waals surface area contributed by atoms with Crippen molar-refractivity contribution in [3.63, 3.8) is 0 Å². The number of hydrogen-bond donors (Lipinski definition) is 1. The van der Waals surface area contributed by atoms with Crippen LogP contribution in [0.1, 0.15) is 10.4 Å². The summed E-state index contributed by atoms with van der Waals surface area (Å²) in [5, 5.41) is 9.07. The van der Waals surface area contributed by atoms with Gasteiger partial charge in [0, 0.05) is 17.5 Å². The van der Waals surface area contributed by atoms with Crippen molar-refractivity contribution in [2.45, 2.75) is 6.42 Å². The second-order valence-electron chi connectivity index (χ2n) is 2.81. The highest BCUT2D eigenvalue weighted by atomic mass is 32.1. The number of hydrogen-bond acceptors (Lipinski definition) is 3. The standard InChI is InChI=1S/C10H9NOS/c12-9-3-1-8(2-4-9)5-10-6-11-7-13-10/h1-4,6-7,12H,5H2. The third-order valence-electron chi connectivity index (χ3n) is 1.80. The number of rotatable bonds is 2. The fraction of sp³-hybridized carbons (Fsp3) is 0.100. The summed E-state index contributed by atoms with van der Waals surface area (Å²) >= 11 is 1.65. The smallest absolute Gasteiger partial charge is 0.115 e. The van der Waals surface area contributed by atoms with Crippen LogP contribution in [0.2, 0.25) is 0 Å². The quantitative estimate of drug-likeness (QED) is 0.790. The SMILES string of the molecule is Oc1ccc(Cc2cncs2)cc1. The molecule has 0 fully saturated rings. The largest absolute Gasteiger partial charge is 0.508 e. The Morgan fingerprint density at radius 1 is 1.23 bits per heavy atom. The Balaban J connectivity index is 2.15. The highest BCUT2D eigenvalue weighted by Gasteiger charge is 1.97. The van der Waals surface area contributed by atoms with E-state index >= 15 is 0 Å². The van der Waals surface area contributed by atoms with Crippen LogP contribution in [0.15, 0.2) is 36.0 Å². The first-order chi connectivity index (χ1) is 6.34. The molecule has 1 aromatic heterocycles. The Morgan fingerprint density at radius 3 is 2.62 bits per heavy atom. The van der Waals surface area contributed by atoms with Crippen molar-refractivity contribution in [2.24, 2.45) is 0 Å². The first-order valence-corrected chi connectivity index (χ1v) is 4.88. The maximum absolute atomic E-state index is 9.07. The molecular weight excluding hydrogens is 182 g/mol. The molecule has 0 saturated heterocycles. The van der Waals surface area contributed by atoms with E-state index in [2.05, 4.69) is 4.98 Å². The summed E-state index contributed by atoms with van der Waals surface area (Å²) in [4.78, 5) is 5.25. The molecule has 13 heavy (non-hydrogen) atoms. The molecule has 0 amide bonds. The summed E-state index contributed by atoms with van der Waals surface area (Å²) in [5.41, 5.74) is 3.03. The maximum Gasteiger partial charge on any atom is 0.115 e. The topological polar surface area (TPSA) is 33.1 Å². The van der Waals surface area contributed by atoms with Gasteiger partial charge in [0.25, 0.3) is 0 Å². The molecule has 0 radical (unpaired) electrons. The van der Waals surface area contributed by atoms with Gasteiger partial charge in [-0.15, -0.1) is 11.3 Å². The number of thiazole rings is 1. The Morgan fingerprint density at radius 2 is 2.00 bits per heavy atom. The lowest BCUT2D eigenvalue weighted by Gasteiger charge is -1.97. The Labute approximate surface area is 80.5 Å². The van der Waals surface area contributed by atoms with Crippen molar-refractivity contribution in [3.05, 3.63) is 46.4 Å². The molecular formula is C10H9NOS. The second kappa shape index (κ2) is 3.58. The van der Waals surface area contributed by atoms with E-state index in [0.717, 1.165) is 6.42 Å². The van der Waals surface area contributed by atoms with Gasteiger partial charge in [-0.3, -0.25) is 4.98 Å². The molecule has 2 aromatic rings. The van der Waals surface area contributed by atoms with Gasteiger partial charge in [-0.1, -0.05) is 12.1 Å². The first kappa shape index (κ1) is 8.26. The highest BCUT2D eigenvalue weighted by Crippen LogP contribution is 2.15. The van der Waals surface area contributed by atoms with E-state index in [-0.39, 0.29) is 0 Å². The number of aromatic hydroxyl groups is 1. The molecule has 0 bridgehead atoms. The summed E-state index contributed by atoms with van der Waals surface area (Å²) in [6, 6.07) is 7.26. The van der Waals surface area contributed by atoms with E-state index in [1.807, 2.05) is 23.8 Å². The first-order valence-electron chi connectivity index (χ1n) is 4.00. The fourth-order valence-corrected chi connectivity index (χ4v) is 1.77. The van der Waals surface area contributed by atoms with Crippen molar-refractivity contribution in [3.8, 4) is 5.75 Å². The molecule has 0 aliphatic rings. The number of aromatic nitrogens is 1. The zero-order valence-corrected chi connectivity index (χ0v) is 7.79. The average Bonchev–Trinajstić information content (AvgIpc) is 2.62. The molecule has 1 aromatic carbocycles. The van der Waals surface area contributed by atoms with Gasteiger partial charge in [0.1, 0.15) is 5.75 Å². The van der Waals surface area contributed by atoms with E-state index in [9.17, 15) is 0 Å². The van der Waals surface area contributed by atoms with Crippen LogP contribution in [0, 0.1) is 0 Å². The van der Waals surface area contributed by atoms with E-state index in [1.54, 1.807) is 23.5 Å². The van der Waals surface area contributed by atoms with E-state index < -0.39 is 0 Å². The van der Waals surface area contributed by atoms with Gasteiger partial charge in [0.15, 0.2) is 0 Å². The molecule has 0 saturated carbocycles. The van der Waals surface area contributed by atoms with Gasteiger partial charge in [-0.05, 0) is 17.7 Å². The minimum atomic E-state index is 0.313. The monoisotopic (exact) mass is 191 g/mol. The molecule has 1 N–H and O–H groups in total. The van der Waals surface area contributed by atoms with E-state index in [1.165, 1.54) is 10.4 Å². The molecule has 2 nitrogen and oxygen atoms in total. The number of benzene rings is 1. The van der Waals surface area contributed by atoms with Crippen LogP contribution < -0.4 is 0 Å². The van der Waals surface area contributed by atoms with Crippen LogP contribution >= 0.6 is 11.3 Å². The van der Waals surface area contributed by atoms with Crippen molar-refractivity contribution < 1.29 is 5.11 Å². The molecule has 1 heterocycles. The summed E-state index contributed by atoms with van der Waals surface area (Å²) in [5.74, 6) is 0.313. The summed E-state index contributed by atoms with van der Waals surface area (Å²) in [7, 11) is 0. The van der Waals surface area contributed by atoms with Gasteiger partial charge in [0.2, 0.25) is 0 Å². The molecule has 0 unspecified atom stereocenters. The Hall–Kier alpha value is -1.35. The average molecular weight is 191 g/mol. The lowest BCUT2D eigenvalue weighted by atomic mass is 10.1. The van der Waals surface area contributed by atoms with Crippen molar-refractivity contribution >= 4 is 11.3 Å². The molecule has 2 rings (SSSR count). The minimum absolute atomic E-state index is 0.313. The van der Waals surface area contributed by atoms with Crippen LogP contribution in [0.4, 0.5) is 0 Å². The van der Waals surface area contributed by atoms with Crippen LogP contribution in [0.3, 0.4) is 0 Å². The summed E-state index contributed by atoms with van der Waals surface area (Å²) < 4.78 is 0. The van der Waals surface area contributed by atoms with Gasteiger partial charge in [0.05, 0.1) is 5.51 Å². The second-order valence-corrected chi connectivity index (χ2v) is 3.78. The molecule has 0 aliphatic heterocycles. The minimum Gasteiger partial charge on any atom is -0.508 e.